The van der Waals surface area contributed by atoms with Crippen LogP contribution in [0.2, 0.25) is 0 Å². The van der Waals surface area contributed by atoms with Crippen LogP contribution in [0.1, 0.15) is 109 Å². The van der Waals surface area contributed by atoms with Gasteiger partial charge in [-0.1, -0.05) is 68.9 Å². The first-order chi connectivity index (χ1) is 22.4. The number of carbonyl (C=O) groups is 3. The second-order valence-corrected chi connectivity index (χ2v) is 15.8. The van der Waals surface area contributed by atoms with Crippen LogP contribution >= 0.6 is 19.4 Å². The first kappa shape index (κ1) is 38.4. The lowest BCUT2D eigenvalue weighted by molar-refractivity contribution is -0.121. The van der Waals surface area contributed by atoms with Crippen molar-refractivity contribution >= 4 is 37.2 Å². The molecule has 1 aromatic rings. The molecule has 260 valence electrons. The lowest BCUT2D eigenvalue weighted by Gasteiger charge is -2.18. The smallest absolute Gasteiger partial charge is 0.330 e. The van der Waals surface area contributed by atoms with Gasteiger partial charge in [-0.25, -0.2) is 4.79 Å². The molecule has 3 rings (SSSR count). The highest BCUT2D eigenvalue weighted by molar-refractivity contribution is 8.00. The van der Waals surface area contributed by atoms with E-state index in [-0.39, 0.29) is 29.9 Å². The van der Waals surface area contributed by atoms with Crippen molar-refractivity contribution in [1.29, 1.82) is 0 Å². The zero-order chi connectivity index (χ0) is 32.9. The number of hydrogen-bond donors (Lipinski definition) is 4. The van der Waals surface area contributed by atoms with Gasteiger partial charge < -0.3 is 30.3 Å². The van der Waals surface area contributed by atoms with Gasteiger partial charge in [-0.2, -0.15) is 11.8 Å². The Labute approximate surface area is 280 Å². The third-order valence-corrected chi connectivity index (χ3v) is 12.1. The normalized spacial score (nSPS) is 20.0. The van der Waals surface area contributed by atoms with Gasteiger partial charge in [0.15, 0.2) is 0 Å². The number of fused-ring (bicyclic) bond motifs is 1. The Morgan fingerprint density at radius 3 is 2.11 bits per heavy atom. The van der Waals surface area contributed by atoms with Gasteiger partial charge in [-0.15, -0.1) is 0 Å². The van der Waals surface area contributed by atoms with Crippen LogP contribution in [0, 0.1) is 0 Å². The molecule has 2 aliphatic rings. The third-order valence-electron chi connectivity index (χ3n) is 8.51. The molecule has 4 N–H and O–H groups in total. The predicted octanol–water partition coefficient (Wildman–Crippen LogP) is 6.68. The van der Waals surface area contributed by atoms with Crippen molar-refractivity contribution in [2.75, 3.05) is 31.6 Å². The number of urea groups is 1. The molecule has 4 amide bonds. The van der Waals surface area contributed by atoms with Crippen LogP contribution in [-0.4, -0.2) is 66.8 Å². The van der Waals surface area contributed by atoms with Gasteiger partial charge in [-0.05, 0) is 57.4 Å². The van der Waals surface area contributed by atoms with Gasteiger partial charge >= 0.3 is 13.6 Å². The van der Waals surface area contributed by atoms with E-state index in [1.165, 1.54) is 0 Å². The molecule has 1 aromatic carbocycles. The largest absolute Gasteiger partial charge is 0.356 e. The van der Waals surface area contributed by atoms with Crippen LogP contribution in [0.4, 0.5) is 4.79 Å². The molecule has 4 atom stereocenters. The number of amides is 4. The Morgan fingerprint density at radius 1 is 0.826 bits per heavy atom. The lowest BCUT2D eigenvalue weighted by Crippen LogP contribution is -2.36. The topological polar surface area (TPSA) is 135 Å². The molecule has 0 unspecified atom stereocenters. The zero-order valence-electron chi connectivity index (χ0n) is 27.8. The molecular formula is C34H57N4O6PS. The SMILES string of the molecule is CCO[P@@](=O)(CCCCCCCCCC(=O)NCCCCCNC(=O)CCCC[C@H]1SC[C@H]2NC(=O)N[C@@H]21)OCc1ccccc1. The molecule has 0 radical (unpaired) electrons. The molecule has 2 aliphatic heterocycles. The van der Waals surface area contributed by atoms with Crippen molar-refractivity contribution in [3.8, 4) is 0 Å². The number of hydrogen-bond acceptors (Lipinski definition) is 7. The highest BCUT2D eigenvalue weighted by Crippen LogP contribution is 2.49. The average Bonchev–Trinajstić information content (AvgIpc) is 3.60. The maximum Gasteiger partial charge on any atom is 0.330 e. The Morgan fingerprint density at radius 2 is 1.43 bits per heavy atom. The summed E-state index contributed by atoms with van der Waals surface area (Å²) in [5, 5.41) is 12.5. The van der Waals surface area contributed by atoms with Crippen LogP contribution in [0.25, 0.3) is 0 Å². The molecule has 46 heavy (non-hydrogen) atoms. The maximum absolute atomic E-state index is 13.0. The molecular weight excluding hydrogens is 623 g/mol. The van der Waals surface area contributed by atoms with E-state index in [1.807, 2.05) is 49.0 Å². The summed E-state index contributed by atoms with van der Waals surface area (Å²) in [5.74, 6) is 1.20. The Kier molecular flexibility index (Phi) is 18.8. The van der Waals surface area contributed by atoms with Crippen LogP contribution in [0.5, 0.6) is 0 Å². The molecule has 0 aliphatic carbocycles. The number of carbonyl (C=O) groups excluding carboxylic acids is 3. The van der Waals surface area contributed by atoms with E-state index in [1.54, 1.807) is 0 Å². The lowest BCUT2D eigenvalue weighted by atomic mass is 10.0. The van der Waals surface area contributed by atoms with E-state index in [4.69, 9.17) is 9.05 Å². The van der Waals surface area contributed by atoms with Crippen molar-refractivity contribution in [1.82, 2.24) is 21.3 Å². The van der Waals surface area contributed by atoms with Crippen LogP contribution in [0.3, 0.4) is 0 Å². The minimum absolute atomic E-state index is 0.0523. The Hall–Kier alpha value is -2.07. The Balaban J connectivity index is 1.05. The van der Waals surface area contributed by atoms with E-state index in [0.717, 1.165) is 94.8 Å². The first-order valence-corrected chi connectivity index (χ1v) is 20.3. The van der Waals surface area contributed by atoms with E-state index >= 15 is 0 Å². The van der Waals surface area contributed by atoms with Crippen LogP contribution < -0.4 is 21.3 Å². The predicted molar refractivity (Wildman–Crippen MR) is 186 cm³/mol. The molecule has 10 nitrogen and oxygen atoms in total. The number of rotatable bonds is 26. The summed E-state index contributed by atoms with van der Waals surface area (Å²) in [4.78, 5) is 35.7. The zero-order valence-corrected chi connectivity index (χ0v) is 29.5. The summed E-state index contributed by atoms with van der Waals surface area (Å²) < 4.78 is 24.2. The minimum Gasteiger partial charge on any atom is -0.356 e. The van der Waals surface area contributed by atoms with E-state index in [9.17, 15) is 18.9 Å². The molecule has 12 heteroatoms. The van der Waals surface area contributed by atoms with Gasteiger partial charge in [0.1, 0.15) is 0 Å². The highest BCUT2D eigenvalue weighted by Gasteiger charge is 2.42. The molecule has 0 bridgehead atoms. The van der Waals surface area contributed by atoms with Gasteiger partial charge in [-0.3, -0.25) is 14.2 Å². The second-order valence-electron chi connectivity index (χ2n) is 12.4. The van der Waals surface area contributed by atoms with Crippen LogP contribution in [0.15, 0.2) is 30.3 Å². The van der Waals surface area contributed by atoms with Crippen molar-refractivity contribution in [3.05, 3.63) is 35.9 Å². The first-order valence-electron chi connectivity index (χ1n) is 17.5. The maximum atomic E-state index is 13.0. The van der Waals surface area contributed by atoms with Crippen LogP contribution in [-0.2, 0) is 29.8 Å². The standard InChI is InChI=1S/C34H57N4O6PS/c1-2-43-45(42,44-26-28-18-10-8-11-19-28)25-17-7-5-3-4-6-12-21-31(39)35-23-15-9-16-24-36-32(40)22-14-13-20-30-33-29(27-46-30)37-34(41)38-33/h8,10-11,18-19,29-30,33H,2-7,9,12-17,20-27H2,1H3,(H,35,39)(H,36,40)(H2,37,38,41)/t29-,30-,33+,45+/m1/s1. The molecule has 2 heterocycles. The number of nitrogens with one attached hydrogen (secondary N) is 4. The summed E-state index contributed by atoms with van der Waals surface area (Å²) in [7, 11) is -3.07. The van der Waals surface area contributed by atoms with Crippen molar-refractivity contribution in [3.63, 3.8) is 0 Å². The van der Waals surface area contributed by atoms with Gasteiger partial charge in [0, 0.05) is 36.9 Å². The fraction of sp³-hybridized carbons (Fsp3) is 0.735. The van der Waals surface area contributed by atoms with Crippen molar-refractivity contribution < 1.29 is 28.0 Å². The summed E-state index contributed by atoms with van der Waals surface area (Å²) in [6.45, 7) is 3.89. The summed E-state index contributed by atoms with van der Waals surface area (Å²) in [6, 6.07) is 10.2. The van der Waals surface area contributed by atoms with E-state index in [2.05, 4.69) is 21.3 Å². The number of unbranched alkanes of at least 4 members (excludes halogenated alkanes) is 9. The average molecular weight is 681 g/mol. The summed E-state index contributed by atoms with van der Waals surface area (Å²) >= 11 is 1.91. The molecule has 0 aromatic heterocycles. The van der Waals surface area contributed by atoms with Crippen molar-refractivity contribution in [2.45, 2.75) is 127 Å². The van der Waals surface area contributed by atoms with Gasteiger partial charge in [0.2, 0.25) is 11.8 Å². The van der Waals surface area contributed by atoms with E-state index < -0.39 is 7.60 Å². The van der Waals surface area contributed by atoms with E-state index in [0.29, 0.717) is 50.6 Å². The van der Waals surface area contributed by atoms with Crippen molar-refractivity contribution in [2.24, 2.45) is 0 Å². The molecule has 2 saturated heterocycles. The molecule has 0 saturated carbocycles. The second kappa shape index (κ2) is 22.5. The third kappa shape index (κ3) is 15.7. The number of benzene rings is 1. The fourth-order valence-corrected chi connectivity index (χ4v) is 9.14. The molecule has 0 spiro atoms. The fourth-order valence-electron chi connectivity index (χ4n) is 5.92. The van der Waals surface area contributed by atoms with Gasteiger partial charge in [0.25, 0.3) is 0 Å². The summed E-state index contributed by atoms with van der Waals surface area (Å²) in [6.07, 6.45) is 14.3. The number of thioether (sulfide) groups is 1. The molecule has 2 fully saturated rings. The quantitative estimate of drug-likeness (QED) is 0.0487. The van der Waals surface area contributed by atoms with Gasteiger partial charge in [0.05, 0.1) is 31.5 Å². The Bertz CT molecular complexity index is 1080. The highest BCUT2D eigenvalue weighted by atomic mass is 32.2. The minimum atomic E-state index is -3.07. The monoisotopic (exact) mass is 680 g/mol. The summed E-state index contributed by atoms with van der Waals surface area (Å²) in [5.41, 5.74) is 0.991.